The zero-order chi connectivity index (χ0) is 19.2. The fourth-order valence-corrected chi connectivity index (χ4v) is 2.87. The third-order valence-corrected chi connectivity index (χ3v) is 4.59. The number of hydrogen-bond acceptors (Lipinski definition) is 3. The minimum Gasteiger partial charge on any atom is -0.441 e. The second kappa shape index (κ2) is 9.02. The molecule has 1 heterocycles. The molecule has 1 atom stereocenters. The minimum absolute atomic E-state index is 0.0496. The highest BCUT2D eigenvalue weighted by Gasteiger charge is 2.26. The Morgan fingerprint density at radius 3 is 2.46 bits per heavy atom. The molecule has 1 aromatic carbocycles. The maximum absolute atomic E-state index is 12.4. The molecule has 0 aliphatic carbocycles. The number of hydrogen-bond donors (Lipinski definition) is 1. The predicted molar refractivity (Wildman–Crippen MR) is 106 cm³/mol. The molecule has 0 saturated carbocycles. The first-order chi connectivity index (χ1) is 12.3. The molecular weight excluding hydrogens is 324 g/mol. The standard InChI is InChI=1S/C22H32N2O2/c1-16(2)11-12-19(22(3,4)5)24-20(25)13-14-21-23-15-18(26-21)17-9-7-6-8-10-17/h6-10,15-16,19H,11-14H2,1-5H3,(H,24,25). The molecule has 1 N–H and O–H groups in total. The smallest absolute Gasteiger partial charge is 0.220 e. The number of oxazole rings is 1. The summed E-state index contributed by atoms with van der Waals surface area (Å²) in [5, 5.41) is 3.21. The number of aryl methyl sites for hydroxylation is 1. The molecular formula is C22H32N2O2. The van der Waals surface area contributed by atoms with Crippen LogP contribution >= 0.6 is 0 Å². The zero-order valence-corrected chi connectivity index (χ0v) is 16.7. The summed E-state index contributed by atoms with van der Waals surface area (Å²) in [5.41, 5.74) is 1.05. The van der Waals surface area contributed by atoms with Gasteiger partial charge in [0, 0.05) is 24.4 Å². The number of carbonyl (C=O) groups is 1. The molecule has 142 valence electrons. The van der Waals surface area contributed by atoms with E-state index in [1.165, 1.54) is 0 Å². The van der Waals surface area contributed by atoms with E-state index in [2.05, 4.69) is 44.9 Å². The van der Waals surface area contributed by atoms with Gasteiger partial charge in [-0.25, -0.2) is 4.98 Å². The van der Waals surface area contributed by atoms with Gasteiger partial charge in [-0.1, -0.05) is 65.0 Å². The van der Waals surface area contributed by atoms with Gasteiger partial charge in [-0.15, -0.1) is 0 Å². The van der Waals surface area contributed by atoms with Crippen molar-refractivity contribution in [1.82, 2.24) is 10.3 Å². The van der Waals surface area contributed by atoms with E-state index in [1.54, 1.807) is 6.20 Å². The van der Waals surface area contributed by atoms with Crippen LogP contribution in [0.4, 0.5) is 0 Å². The normalized spacial score (nSPS) is 13.0. The van der Waals surface area contributed by atoms with Crippen LogP contribution in [-0.4, -0.2) is 16.9 Å². The van der Waals surface area contributed by atoms with Crippen molar-refractivity contribution in [1.29, 1.82) is 0 Å². The summed E-state index contributed by atoms with van der Waals surface area (Å²) in [5.74, 6) is 2.05. The van der Waals surface area contributed by atoms with E-state index in [1.807, 2.05) is 30.3 Å². The van der Waals surface area contributed by atoms with Crippen molar-refractivity contribution < 1.29 is 9.21 Å². The average Bonchev–Trinajstić information content (AvgIpc) is 3.05. The number of nitrogens with one attached hydrogen (secondary N) is 1. The van der Waals surface area contributed by atoms with Crippen LogP contribution in [0.15, 0.2) is 40.9 Å². The van der Waals surface area contributed by atoms with E-state index in [-0.39, 0.29) is 17.4 Å². The van der Waals surface area contributed by atoms with Crippen molar-refractivity contribution in [2.24, 2.45) is 11.3 Å². The Labute approximate surface area is 157 Å². The van der Waals surface area contributed by atoms with Crippen LogP contribution in [0.1, 0.15) is 59.8 Å². The summed E-state index contributed by atoms with van der Waals surface area (Å²) < 4.78 is 5.78. The minimum atomic E-state index is 0.0496. The van der Waals surface area contributed by atoms with Crippen LogP contribution in [0, 0.1) is 11.3 Å². The molecule has 1 amide bonds. The van der Waals surface area contributed by atoms with E-state index in [0.29, 0.717) is 24.7 Å². The maximum Gasteiger partial charge on any atom is 0.220 e. The fraction of sp³-hybridized carbons (Fsp3) is 0.545. The van der Waals surface area contributed by atoms with Crippen molar-refractivity contribution in [3.8, 4) is 11.3 Å². The van der Waals surface area contributed by atoms with Gasteiger partial charge in [0.1, 0.15) is 0 Å². The Balaban J connectivity index is 1.88. The largest absolute Gasteiger partial charge is 0.441 e. The molecule has 0 radical (unpaired) electrons. The quantitative estimate of drug-likeness (QED) is 0.703. The number of rotatable bonds is 8. The lowest BCUT2D eigenvalue weighted by atomic mass is 9.82. The van der Waals surface area contributed by atoms with E-state index >= 15 is 0 Å². The lowest BCUT2D eigenvalue weighted by molar-refractivity contribution is -0.122. The van der Waals surface area contributed by atoms with Crippen molar-refractivity contribution in [2.75, 3.05) is 0 Å². The van der Waals surface area contributed by atoms with E-state index in [0.717, 1.165) is 24.2 Å². The van der Waals surface area contributed by atoms with Crippen molar-refractivity contribution in [3.63, 3.8) is 0 Å². The first-order valence-electron chi connectivity index (χ1n) is 9.55. The van der Waals surface area contributed by atoms with Gasteiger partial charge in [0.25, 0.3) is 0 Å². The highest BCUT2D eigenvalue weighted by molar-refractivity contribution is 5.76. The summed E-state index contributed by atoms with van der Waals surface area (Å²) in [4.78, 5) is 16.7. The van der Waals surface area contributed by atoms with Crippen LogP contribution in [0.3, 0.4) is 0 Å². The van der Waals surface area contributed by atoms with Crippen molar-refractivity contribution in [3.05, 3.63) is 42.4 Å². The molecule has 1 unspecified atom stereocenters. The van der Waals surface area contributed by atoms with E-state index in [9.17, 15) is 4.79 Å². The molecule has 2 rings (SSSR count). The van der Waals surface area contributed by atoms with Crippen LogP contribution < -0.4 is 5.32 Å². The number of carbonyl (C=O) groups excluding carboxylic acids is 1. The third-order valence-electron chi connectivity index (χ3n) is 4.59. The molecule has 0 saturated heterocycles. The van der Waals surface area contributed by atoms with Gasteiger partial charge in [-0.2, -0.15) is 0 Å². The Morgan fingerprint density at radius 1 is 1.15 bits per heavy atom. The lowest BCUT2D eigenvalue weighted by Gasteiger charge is -2.32. The molecule has 2 aromatic rings. The van der Waals surface area contributed by atoms with Crippen LogP contribution in [0.2, 0.25) is 0 Å². The topological polar surface area (TPSA) is 55.1 Å². The molecule has 0 fully saturated rings. The molecule has 0 bridgehead atoms. The van der Waals surface area contributed by atoms with Crippen LogP contribution in [0.25, 0.3) is 11.3 Å². The zero-order valence-electron chi connectivity index (χ0n) is 16.7. The van der Waals surface area contributed by atoms with E-state index in [4.69, 9.17) is 4.42 Å². The van der Waals surface area contributed by atoms with Gasteiger partial charge in [0.15, 0.2) is 11.7 Å². The number of nitrogens with zero attached hydrogens (tertiary/aromatic N) is 1. The number of aromatic nitrogens is 1. The van der Waals surface area contributed by atoms with Gasteiger partial charge >= 0.3 is 0 Å². The van der Waals surface area contributed by atoms with Gasteiger partial charge in [-0.3, -0.25) is 4.79 Å². The molecule has 26 heavy (non-hydrogen) atoms. The maximum atomic E-state index is 12.4. The van der Waals surface area contributed by atoms with Gasteiger partial charge in [0.2, 0.25) is 5.91 Å². The van der Waals surface area contributed by atoms with Crippen LogP contribution in [-0.2, 0) is 11.2 Å². The summed E-state index contributed by atoms with van der Waals surface area (Å²) in [6.45, 7) is 11.0. The number of benzene rings is 1. The molecule has 0 aliphatic heterocycles. The molecule has 1 aromatic heterocycles. The highest BCUT2D eigenvalue weighted by Crippen LogP contribution is 2.25. The summed E-state index contributed by atoms with van der Waals surface area (Å²) in [6, 6.07) is 10.1. The second-order valence-electron chi connectivity index (χ2n) is 8.44. The first-order valence-corrected chi connectivity index (χ1v) is 9.55. The highest BCUT2D eigenvalue weighted by atomic mass is 16.4. The van der Waals surface area contributed by atoms with Gasteiger partial charge < -0.3 is 9.73 Å². The fourth-order valence-electron chi connectivity index (χ4n) is 2.87. The monoisotopic (exact) mass is 356 g/mol. The van der Waals surface area contributed by atoms with Crippen molar-refractivity contribution in [2.45, 2.75) is 66.3 Å². The Hall–Kier alpha value is -2.10. The summed E-state index contributed by atoms with van der Waals surface area (Å²) in [7, 11) is 0. The Morgan fingerprint density at radius 2 is 1.85 bits per heavy atom. The SMILES string of the molecule is CC(C)CCC(NC(=O)CCc1ncc(-c2ccccc2)o1)C(C)(C)C. The molecule has 4 heteroatoms. The molecule has 4 nitrogen and oxygen atoms in total. The number of amides is 1. The third kappa shape index (κ3) is 6.32. The molecule has 0 aliphatic rings. The van der Waals surface area contributed by atoms with Crippen molar-refractivity contribution >= 4 is 5.91 Å². The lowest BCUT2D eigenvalue weighted by Crippen LogP contribution is -2.44. The summed E-state index contributed by atoms with van der Waals surface area (Å²) >= 11 is 0. The van der Waals surface area contributed by atoms with Gasteiger partial charge in [0.05, 0.1) is 6.20 Å². The molecule has 0 spiro atoms. The van der Waals surface area contributed by atoms with Crippen LogP contribution in [0.5, 0.6) is 0 Å². The van der Waals surface area contributed by atoms with Gasteiger partial charge in [-0.05, 0) is 24.2 Å². The van der Waals surface area contributed by atoms with E-state index < -0.39 is 0 Å². The first kappa shape index (κ1) is 20.2. The predicted octanol–water partition coefficient (Wildman–Crippen LogP) is 5.24. The Bertz CT molecular complexity index is 684. The average molecular weight is 357 g/mol. The Kier molecular flexibility index (Phi) is 7.01. The summed E-state index contributed by atoms with van der Waals surface area (Å²) in [6.07, 6.45) is 4.75. The second-order valence-corrected chi connectivity index (χ2v) is 8.44.